The van der Waals surface area contributed by atoms with Gasteiger partial charge in [0.05, 0.1) is 4.90 Å². The lowest BCUT2D eigenvalue weighted by molar-refractivity contribution is 0.323. The lowest BCUT2D eigenvalue weighted by Gasteiger charge is -2.12. The van der Waals surface area contributed by atoms with Crippen molar-refractivity contribution in [3.8, 4) is 5.75 Å². The van der Waals surface area contributed by atoms with Crippen LogP contribution in [0.3, 0.4) is 0 Å². The molecule has 0 bridgehead atoms. The molecule has 2 aromatic carbocycles. The molecule has 2 aromatic rings. The number of nitrogens with one attached hydrogen (secondary N) is 1. The second-order valence-corrected chi connectivity index (χ2v) is 7.00. The fourth-order valence-corrected chi connectivity index (χ4v) is 3.49. The zero-order valence-electron chi connectivity index (χ0n) is 13.1. The maximum atomic E-state index is 12.4. The van der Waals surface area contributed by atoms with E-state index < -0.39 is 10.0 Å². The summed E-state index contributed by atoms with van der Waals surface area (Å²) in [6.45, 7) is 6.20. The SMILES string of the molecule is Cc1cc(C)c(S(=O)(=O)NCCOc2ccccc2)cc1C. The molecule has 0 saturated carbocycles. The molecule has 0 aliphatic carbocycles. The van der Waals surface area contributed by atoms with Crippen LogP contribution in [0, 0.1) is 20.8 Å². The largest absolute Gasteiger partial charge is 0.492 e. The Morgan fingerprint density at radius 2 is 1.59 bits per heavy atom. The third kappa shape index (κ3) is 4.08. The number of sulfonamides is 1. The number of hydrogen-bond donors (Lipinski definition) is 1. The molecular formula is C17H21NO3S. The summed E-state index contributed by atoms with van der Waals surface area (Å²) in [5.74, 6) is 0.726. The first-order chi connectivity index (χ1) is 10.4. The Kier molecular flexibility index (Phi) is 5.21. The monoisotopic (exact) mass is 319 g/mol. The molecule has 0 amide bonds. The zero-order valence-corrected chi connectivity index (χ0v) is 13.9. The van der Waals surface area contributed by atoms with Crippen molar-refractivity contribution in [3.63, 3.8) is 0 Å². The molecule has 0 saturated heterocycles. The van der Waals surface area contributed by atoms with Crippen LogP contribution in [0.4, 0.5) is 0 Å². The number of ether oxygens (including phenoxy) is 1. The van der Waals surface area contributed by atoms with E-state index in [4.69, 9.17) is 4.74 Å². The summed E-state index contributed by atoms with van der Waals surface area (Å²) < 4.78 is 32.8. The van der Waals surface area contributed by atoms with Crippen LogP contribution in [0.2, 0.25) is 0 Å². The first-order valence-electron chi connectivity index (χ1n) is 7.15. The van der Waals surface area contributed by atoms with Gasteiger partial charge in [-0.2, -0.15) is 0 Å². The van der Waals surface area contributed by atoms with Gasteiger partial charge in [-0.05, 0) is 55.7 Å². The van der Waals surface area contributed by atoms with Gasteiger partial charge in [0.2, 0.25) is 10.0 Å². The molecule has 5 heteroatoms. The summed E-state index contributed by atoms with van der Waals surface area (Å²) in [5.41, 5.74) is 2.80. The van der Waals surface area contributed by atoms with Crippen molar-refractivity contribution in [1.82, 2.24) is 4.72 Å². The van der Waals surface area contributed by atoms with E-state index in [1.54, 1.807) is 6.07 Å². The topological polar surface area (TPSA) is 55.4 Å². The number of benzene rings is 2. The molecule has 0 radical (unpaired) electrons. The summed E-state index contributed by atoms with van der Waals surface area (Å²) in [5, 5.41) is 0. The molecule has 0 aliphatic heterocycles. The molecule has 0 aromatic heterocycles. The smallest absolute Gasteiger partial charge is 0.240 e. The highest BCUT2D eigenvalue weighted by atomic mass is 32.2. The number of hydrogen-bond acceptors (Lipinski definition) is 3. The molecule has 118 valence electrons. The van der Waals surface area contributed by atoms with Crippen LogP contribution in [0.15, 0.2) is 47.4 Å². The summed E-state index contributed by atoms with van der Waals surface area (Å²) in [4.78, 5) is 0.329. The van der Waals surface area contributed by atoms with Gasteiger partial charge in [-0.3, -0.25) is 0 Å². The van der Waals surface area contributed by atoms with E-state index in [0.29, 0.717) is 4.90 Å². The van der Waals surface area contributed by atoms with Crippen molar-refractivity contribution in [1.29, 1.82) is 0 Å². The Bertz CT molecular complexity index is 740. The molecular weight excluding hydrogens is 298 g/mol. The number of aryl methyl sites for hydroxylation is 3. The van der Waals surface area contributed by atoms with E-state index in [-0.39, 0.29) is 13.2 Å². The van der Waals surface area contributed by atoms with E-state index in [1.807, 2.05) is 57.2 Å². The highest BCUT2D eigenvalue weighted by Crippen LogP contribution is 2.19. The lowest BCUT2D eigenvalue weighted by Crippen LogP contribution is -2.29. The molecule has 0 heterocycles. The Hall–Kier alpha value is -1.85. The fraction of sp³-hybridized carbons (Fsp3) is 0.294. The highest BCUT2D eigenvalue weighted by molar-refractivity contribution is 7.89. The van der Waals surface area contributed by atoms with Crippen molar-refractivity contribution < 1.29 is 13.2 Å². The summed E-state index contributed by atoms with van der Waals surface area (Å²) in [6, 6.07) is 12.9. The third-order valence-corrected chi connectivity index (χ3v) is 5.09. The molecule has 1 N–H and O–H groups in total. The molecule has 4 nitrogen and oxygen atoms in total. The molecule has 2 rings (SSSR count). The van der Waals surface area contributed by atoms with Gasteiger partial charge in [-0.15, -0.1) is 0 Å². The second kappa shape index (κ2) is 6.94. The van der Waals surface area contributed by atoms with E-state index in [0.717, 1.165) is 22.4 Å². The van der Waals surface area contributed by atoms with Gasteiger partial charge in [0.25, 0.3) is 0 Å². The van der Waals surface area contributed by atoms with E-state index in [2.05, 4.69) is 4.72 Å². The maximum absolute atomic E-state index is 12.4. The third-order valence-electron chi connectivity index (χ3n) is 3.49. The predicted octanol–water partition coefficient (Wildman–Crippen LogP) is 2.97. The standard InChI is InChI=1S/C17H21NO3S/c1-13-11-15(3)17(12-14(13)2)22(19,20)18-9-10-21-16-7-5-4-6-8-16/h4-8,11-12,18H,9-10H2,1-3H3. The predicted molar refractivity (Wildman–Crippen MR) is 87.8 cm³/mol. The number of para-hydroxylation sites is 1. The van der Waals surface area contributed by atoms with Gasteiger partial charge in [-0.25, -0.2) is 13.1 Å². The lowest BCUT2D eigenvalue weighted by atomic mass is 10.1. The van der Waals surface area contributed by atoms with Gasteiger partial charge in [0, 0.05) is 6.54 Å². The van der Waals surface area contributed by atoms with Crippen LogP contribution in [-0.4, -0.2) is 21.6 Å². The Labute approximate surface area is 132 Å². The molecule has 22 heavy (non-hydrogen) atoms. The minimum absolute atomic E-state index is 0.226. The van der Waals surface area contributed by atoms with Crippen molar-refractivity contribution >= 4 is 10.0 Å². The van der Waals surface area contributed by atoms with Crippen molar-refractivity contribution in [2.45, 2.75) is 25.7 Å². The van der Waals surface area contributed by atoms with Crippen molar-refractivity contribution in [2.75, 3.05) is 13.2 Å². The summed E-state index contributed by atoms with van der Waals surface area (Å²) in [6.07, 6.45) is 0. The minimum atomic E-state index is -3.51. The summed E-state index contributed by atoms with van der Waals surface area (Å²) in [7, 11) is -3.51. The first kappa shape index (κ1) is 16.5. The van der Waals surface area contributed by atoms with E-state index in [9.17, 15) is 8.42 Å². The average Bonchev–Trinajstić information content (AvgIpc) is 2.48. The van der Waals surface area contributed by atoms with Crippen LogP contribution in [0.5, 0.6) is 5.75 Å². The van der Waals surface area contributed by atoms with Crippen LogP contribution in [-0.2, 0) is 10.0 Å². The Morgan fingerprint density at radius 1 is 0.955 bits per heavy atom. The Morgan fingerprint density at radius 3 is 2.27 bits per heavy atom. The van der Waals surface area contributed by atoms with Gasteiger partial charge in [-0.1, -0.05) is 24.3 Å². The van der Waals surface area contributed by atoms with Gasteiger partial charge >= 0.3 is 0 Å². The van der Waals surface area contributed by atoms with Crippen molar-refractivity contribution in [2.24, 2.45) is 0 Å². The average molecular weight is 319 g/mol. The van der Waals surface area contributed by atoms with E-state index in [1.165, 1.54) is 0 Å². The number of rotatable bonds is 6. The molecule has 0 spiro atoms. The van der Waals surface area contributed by atoms with Gasteiger partial charge in [0.1, 0.15) is 12.4 Å². The minimum Gasteiger partial charge on any atom is -0.492 e. The van der Waals surface area contributed by atoms with E-state index >= 15 is 0 Å². The van der Waals surface area contributed by atoms with Gasteiger partial charge in [0.15, 0.2) is 0 Å². The van der Waals surface area contributed by atoms with Crippen LogP contribution >= 0.6 is 0 Å². The highest BCUT2D eigenvalue weighted by Gasteiger charge is 2.17. The Balaban J connectivity index is 1.98. The molecule has 0 fully saturated rings. The maximum Gasteiger partial charge on any atom is 0.240 e. The van der Waals surface area contributed by atoms with Crippen LogP contribution < -0.4 is 9.46 Å². The molecule has 0 aliphatic rings. The first-order valence-corrected chi connectivity index (χ1v) is 8.64. The summed E-state index contributed by atoms with van der Waals surface area (Å²) >= 11 is 0. The quantitative estimate of drug-likeness (QED) is 0.833. The molecule has 0 unspecified atom stereocenters. The fourth-order valence-electron chi connectivity index (χ4n) is 2.16. The van der Waals surface area contributed by atoms with Crippen molar-refractivity contribution in [3.05, 3.63) is 59.2 Å². The molecule has 0 atom stereocenters. The normalized spacial score (nSPS) is 11.4. The van der Waals surface area contributed by atoms with Crippen LogP contribution in [0.25, 0.3) is 0 Å². The van der Waals surface area contributed by atoms with Crippen LogP contribution in [0.1, 0.15) is 16.7 Å². The zero-order chi connectivity index (χ0) is 16.2. The van der Waals surface area contributed by atoms with Gasteiger partial charge < -0.3 is 4.74 Å². The second-order valence-electron chi connectivity index (χ2n) is 5.26.